The summed E-state index contributed by atoms with van der Waals surface area (Å²) in [6.45, 7) is 3.32. The molecular weight excluding hydrogens is 328 g/mol. The van der Waals surface area contributed by atoms with Gasteiger partial charge in [-0.3, -0.25) is 0 Å². The molecule has 0 aromatic carbocycles. The van der Waals surface area contributed by atoms with Gasteiger partial charge in [0.2, 0.25) is 0 Å². The molecule has 0 N–H and O–H groups in total. The Morgan fingerprint density at radius 1 is 0.667 bits per heavy atom. The molecule has 0 saturated heterocycles. The first-order valence-electron chi connectivity index (χ1n) is 13.0. The van der Waals surface area contributed by atoms with E-state index in [1.807, 2.05) is 0 Å². The molecular formula is C26H50O. The van der Waals surface area contributed by atoms with Crippen molar-refractivity contribution in [1.82, 2.24) is 0 Å². The average Bonchev–Trinajstić information content (AvgIpc) is 3.47. The number of hydrogen-bond acceptors (Lipinski definition) is 1. The highest BCUT2D eigenvalue weighted by Gasteiger charge is 2.31. The molecule has 0 spiro atoms. The minimum atomic E-state index is 0.602. The normalized spacial score (nSPS) is 18.6. The summed E-state index contributed by atoms with van der Waals surface area (Å²) >= 11 is 0. The van der Waals surface area contributed by atoms with Crippen LogP contribution in [0.25, 0.3) is 0 Å². The van der Waals surface area contributed by atoms with Crippen LogP contribution in [0.15, 0.2) is 0 Å². The third-order valence-electron chi connectivity index (χ3n) is 7.05. The maximum absolute atomic E-state index is 6.23. The van der Waals surface area contributed by atoms with Gasteiger partial charge in [-0.15, -0.1) is 0 Å². The highest BCUT2D eigenvalue weighted by molar-refractivity contribution is 4.82. The van der Waals surface area contributed by atoms with Crippen LogP contribution in [0, 0.1) is 11.8 Å². The Morgan fingerprint density at radius 3 is 1.78 bits per heavy atom. The molecule has 1 heteroatoms. The van der Waals surface area contributed by atoms with E-state index in [0.717, 1.165) is 18.4 Å². The van der Waals surface area contributed by atoms with Crippen LogP contribution in [0.3, 0.4) is 0 Å². The van der Waals surface area contributed by atoms with Crippen molar-refractivity contribution in [3.05, 3.63) is 0 Å². The van der Waals surface area contributed by atoms with Gasteiger partial charge in [0.05, 0.1) is 6.10 Å². The Morgan fingerprint density at radius 2 is 1.26 bits per heavy atom. The summed E-state index contributed by atoms with van der Waals surface area (Å²) in [5, 5.41) is 0. The van der Waals surface area contributed by atoms with E-state index in [-0.39, 0.29) is 0 Å². The molecule has 27 heavy (non-hydrogen) atoms. The minimum Gasteiger partial charge on any atom is -0.378 e. The fourth-order valence-electron chi connectivity index (χ4n) is 4.66. The van der Waals surface area contributed by atoms with E-state index < -0.39 is 0 Å². The van der Waals surface area contributed by atoms with Crippen LogP contribution in [0.5, 0.6) is 0 Å². The van der Waals surface area contributed by atoms with Crippen molar-refractivity contribution in [2.24, 2.45) is 11.8 Å². The van der Waals surface area contributed by atoms with Gasteiger partial charge in [-0.1, -0.05) is 116 Å². The molecule has 0 bridgehead atoms. The van der Waals surface area contributed by atoms with E-state index in [9.17, 15) is 0 Å². The number of unbranched alkanes of at least 4 members (excludes halogenated alkanes) is 12. The van der Waals surface area contributed by atoms with Crippen molar-refractivity contribution in [1.29, 1.82) is 0 Å². The van der Waals surface area contributed by atoms with E-state index in [1.165, 1.54) is 135 Å². The molecule has 160 valence electrons. The maximum atomic E-state index is 6.23. The summed E-state index contributed by atoms with van der Waals surface area (Å²) in [6, 6.07) is 0. The van der Waals surface area contributed by atoms with E-state index in [0.29, 0.717) is 6.10 Å². The van der Waals surface area contributed by atoms with E-state index in [4.69, 9.17) is 4.74 Å². The highest BCUT2D eigenvalue weighted by atomic mass is 16.5. The van der Waals surface area contributed by atoms with Gasteiger partial charge in [-0.05, 0) is 37.5 Å². The lowest BCUT2D eigenvalue weighted by Crippen LogP contribution is -2.16. The molecule has 2 saturated carbocycles. The first kappa shape index (κ1) is 23.2. The zero-order valence-electron chi connectivity index (χ0n) is 18.7. The molecule has 2 aliphatic carbocycles. The predicted molar refractivity (Wildman–Crippen MR) is 119 cm³/mol. The predicted octanol–water partition coefficient (Wildman–Crippen LogP) is 8.84. The smallest absolute Gasteiger partial charge is 0.0603 e. The SMILES string of the molecule is CCCCCC(OCCCCCCCCCCCCCC1CCC1)C1CC1. The Balaban J connectivity index is 1.25. The van der Waals surface area contributed by atoms with E-state index in [2.05, 4.69) is 6.92 Å². The van der Waals surface area contributed by atoms with Crippen molar-refractivity contribution in [2.45, 2.75) is 148 Å². The highest BCUT2D eigenvalue weighted by Crippen LogP contribution is 2.36. The molecule has 0 radical (unpaired) electrons. The van der Waals surface area contributed by atoms with Crippen LogP contribution in [-0.4, -0.2) is 12.7 Å². The lowest BCUT2D eigenvalue weighted by Gasteiger charge is -2.24. The Labute approximate surface area is 171 Å². The topological polar surface area (TPSA) is 9.23 Å². The van der Waals surface area contributed by atoms with Crippen molar-refractivity contribution in [3.8, 4) is 0 Å². The van der Waals surface area contributed by atoms with Gasteiger partial charge in [0.15, 0.2) is 0 Å². The molecule has 0 amide bonds. The van der Waals surface area contributed by atoms with Gasteiger partial charge in [-0.25, -0.2) is 0 Å². The molecule has 1 unspecified atom stereocenters. The van der Waals surface area contributed by atoms with Gasteiger partial charge in [0.1, 0.15) is 0 Å². The van der Waals surface area contributed by atoms with E-state index >= 15 is 0 Å². The molecule has 2 aliphatic rings. The molecule has 0 aliphatic heterocycles. The van der Waals surface area contributed by atoms with Crippen LogP contribution in [0.2, 0.25) is 0 Å². The van der Waals surface area contributed by atoms with Gasteiger partial charge < -0.3 is 4.74 Å². The average molecular weight is 379 g/mol. The number of ether oxygens (including phenoxy) is 1. The van der Waals surface area contributed by atoms with Crippen LogP contribution < -0.4 is 0 Å². The van der Waals surface area contributed by atoms with Gasteiger partial charge in [0.25, 0.3) is 0 Å². The number of rotatable bonds is 20. The second-order valence-corrected chi connectivity index (χ2v) is 9.72. The van der Waals surface area contributed by atoms with Gasteiger partial charge in [0, 0.05) is 6.61 Å². The second-order valence-electron chi connectivity index (χ2n) is 9.72. The quantitative estimate of drug-likeness (QED) is 0.192. The summed E-state index contributed by atoms with van der Waals surface area (Å²) in [5.74, 6) is 2.04. The zero-order chi connectivity index (χ0) is 19.0. The first-order valence-corrected chi connectivity index (χ1v) is 13.0. The Hall–Kier alpha value is -0.0400. The maximum Gasteiger partial charge on any atom is 0.0603 e. The molecule has 0 aromatic rings. The monoisotopic (exact) mass is 378 g/mol. The van der Waals surface area contributed by atoms with Gasteiger partial charge in [-0.2, -0.15) is 0 Å². The van der Waals surface area contributed by atoms with Crippen LogP contribution >= 0.6 is 0 Å². The molecule has 0 heterocycles. The van der Waals surface area contributed by atoms with Crippen LogP contribution in [0.4, 0.5) is 0 Å². The fourth-order valence-corrected chi connectivity index (χ4v) is 4.66. The van der Waals surface area contributed by atoms with Crippen molar-refractivity contribution in [3.63, 3.8) is 0 Å². The summed E-state index contributed by atoms with van der Waals surface area (Å²) in [7, 11) is 0. The summed E-state index contributed by atoms with van der Waals surface area (Å²) in [6.07, 6.45) is 30.9. The molecule has 0 aromatic heterocycles. The lowest BCUT2D eigenvalue weighted by molar-refractivity contribution is 0.0284. The van der Waals surface area contributed by atoms with Crippen molar-refractivity contribution >= 4 is 0 Å². The fraction of sp³-hybridized carbons (Fsp3) is 1.00. The minimum absolute atomic E-state index is 0.602. The van der Waals surface area contributed by atoms with Crippen molar-refractivity contribution in [2.75, 3.05) is 6.61 Å². The van der Waals surface area contributed by atoms with Crippen LogP contribution in [0.1, 0.15) is 142 Å². The summed E-state index contributed by atoms with van der Waals surface area (Å²) in [4.78, 5) is 0. The number of hydrogen-bond donors (Lipinski definition) is 0. The molecule has 1 atom stereocenters. The van der Waals surface area contributed by atoms with Crippen molar-refractivity contribution < 1.29 is 4.74 Å². The summed E-state index contributed by atoms with van der Waals surface area (Å²) < 4.78 is 6.23. The Kier molecular flexibility index (Phi) is 13.6. The standard InChI is InChI=1S/C26H50O/c1-2-3-13-20-26(25-21-22-25)27-23-15-12-10-8-6-4-5-7-9-11-14-17-24-18-16-19-24/h24-26H,2-23H2,1H3. The zero-order valence-corrected chi connectivity index (χ0v) is 18.7. The van der Waals surface area contributed by atoms with Crippen LogP contribution in [-0.2, 0) is 4.74 Å². The molecule has 1 nitrogen and oxygen atoms in total. The molecule has 2 fully saturated rings. The first-order chi connectivity index (χ1) is 13.4. The molecule has 2 rings (SSSR count). The summed E-state index contributed by atoms with van der Waals surface area (Å²) in [5.41, 5.74) is 0. The van der Waals surface area contributed by atoms with E-state index in [1.54, 1.807) is 0 Å². The Bertz CT molecular complexity index is 318. The third kappa shape index (κ3) is 12.2. The van der Waals surface area contributed by atoms with Gasteiger partial charge >= 0.3 is 0 Å². The lowest BCUT2D eigenvalue weighted by atomic mass is 9.81. The second kappa shape index (κ2) is 15.8. The third-order valence-corrected chi connectivity index (χ3v) is 7.05. The largest absolute Gasteiger partial charge is 0.378 e.